The molecule has 0 radical (unpaired) electrons. The summed E-state index contributed by atoms with van der Waals surface area (Å²) in [5.41, 5.74) is 2.05. The summed E-state index contributed by atoms with van der Waals surface area (Å²) >= 11 is 0. The fraction of sp³-hybridized carbons (Fsp3) is 0.550. The van der Waals surface area contributed by atoms with E-state index < -0.39 is 12.1 Å². The van der Waals surface area contributed by atoms with Crippen LogP contribution in [0.4, 0.5) is 18.9 Å². The standard InChI is InChI=1S/C18H25N3O2.C2HF3O2/c1-13(22)21-9-8-18(10-15(18)12-21)17(23)19-11-14-4-6-16(7-5-14)20(2)3;3-2(4,5)1(6)7/h4-7,15H,8-12H2,1-3H3,(H,19,23);(H,6,7). The van der Waals surface area contributed by atoms with E-state index in [0.717, 1.165) is 30.6 Å². The van der Waals surface area contributed by atoms with Crippen LogP contribution in [0.25, 0.3) is 0 Å². The van der Waals surface area contributed by atoms with Crippen molar-refractivity contribution in [3.63, 3.8) is 0 Å². The van der Waals surface area contributed by atoms with Gasteiger partial charge in [-0.3, -0.25) is 9.59 Å². The van der Waals surface area contributed by atoms with E-state index in [9.17, 15) is 22.8 Å². The van der Waals surface area contributed by atoms with Gasteiger partial charge in [0.1, 0.15) is 0 Å². The van der Waals surface area contributed by atoms with Crippen molar-refractivity contribution >= 4 is 23.5 Å². The van der Waals surface area contributed by atoms with Crippen molar-refractivity contribution in [3.8, 4) is 0 Å². The second-order valence-electron chi connectivity index (χ2n) is 7.82. The Bertz CT molecular complexity index is 795. The number of nitrogens with zero attached hydrogens (tertiary/aromatic N) is 2. The zero-order valence-electron chi connectivity index (χ0n) is 17.1. The fourth-order valence-electron chi connectivity index (χ4n) is 3.57. The first-order chi connectivity index (χ1) is 13.9. The predicted molar refractivity (Wildman–Crippen MR) is 104 cm³/mol. The molecule has 2 amide bonds. The van der Waals surface area contributed by atoms with E-state index in [2.05, 4.69) is 34.5 Å². The average molecular weight is 429 g/mol. The smallest absolute Gasteiger partial charge is 0.475 e. The number of amides is 2. The highest BCUT2D eigenvalue weighted by Gasteiger charge is 2.61. The molecule has 1 heterocycles. The third-order valence-corrected chi connectivity index (χ3v) is 5.55. The molecule has 10 heteroatoms. The van der Waals surface area contributed by atoms with Crippen LogP contribution in [0.1, 0.15) is 25.3 Å². The summed E-state index contributed by atoms with van der Waals surface area (Å²) in [6.45, 7) is 3.61. The summed E-state index contributed by atoms with van der Waals surface area (Å²) in [6, 6.07) is 8.22. The summed E-state index contributed by atoms with van der Waals surface area (Å²) in [5.74, 6) is -2.14. The highest BCUT2D eigenvalue weighted by atomic mass is 19.4. The van der Waals surface area contributed by atoms with E-state index >= 15 is 0 Å². The molecule has 0 bridgehead atoms. The fourth-order valence-corrected chi connectivity index (χ4v) is 3.57. The molecule has 0 spiro atoms. The van der Waals surface area contributed by atoms with Gasteiger partial charge in [-0.15, -0.1) is 0 Å². The van der Waals surface area contributed by atoms with Gasteiger partial charge in [0.2, 0.25) is 11.8 Å². The third kappa shape index (κ3) is 5.64. The van der Waals surface area contributed by atoms with Crippen molar-refractivity contribution in [2.24, 2.45) is 11.3 Å². The van der Waals surface area contributed by atoms with Gasteiger partial charge in [-0.05, 0) is 36.5 Å². The molecule has 3 rings (SSSR count). The maximum atomic E-state index is 12.6. The van der Waals surface area contributed by atoms with Gasteiger partial charge in [0, 0.05) is 46.3 Å². The maximum absolute atomic E-state index is 12.6. The molecular formula is C20H26F3N3O4. The van der Waals surface area contributed by atoms with E-state index in [-0.39, 0.29) is 17.2 Å². The Morgan fingerprint density at radius 2 is 1.80 bits per heavy atom. The van der Waals surface area contributed by atoms with Crippen LogP contribution in [-0.4, -0.2) is 61.2 Å². The minimum absolute atomic E-state index is 0.117. The Hall–Kier alpha value is -2.78. The van der Waals surface area contributed by atoms with Crippen molar-refractivity contribution in [2.45, 2.75) is 32.5 Å². The lowest BCUT2D eigenvalue weighted by atomic mass is 9.94. The number of anilines is 1. The molecule has 7 nitrogen and oxygen atoms in total. The number of fused-ring (bicyclic) bond motifs is 1. The number of aliphatic carboxylic acids is 1. The number of alkyl halides is 3. The monoisotopic (exact) mass is 429 g/mol. The van der Waals surface area contributed by atoms with E-state index in [1.165, 1.54) is 0 Å². The first kappa shape index (κ1) is 23.5. The second kappa shape index (κ2) is 8.93. The number of carboxylic acid groups (broad SMARTS) is 1. The van der Waals surface area contributed by atoms with Crippen LogP contribution < -0.4 is 10.2 Å². The lowest BCUT2D eigenvalue weighted by molar-refractivity contribution is -0.192. The van der Waals surface area contributed by atoms with Crippen LogP contribution in [0.2, 0.25) is 0 Å². The van der Waals surface area contributed by atoms with Gasteiger partial charge >= 0.3 is 12.1 Å². The number of carbonyl (C=O) groups is 3. The molecule has 2 N–H and O–H groups in total. The number of hydrogen-bond acceptors (Lipinski definition) is 4. The number of carboxylic acids is 1. The summed E-state index contributed by atoms with van der Waals surface area (Å²) in [7, 11) is 4.02. The zero-order chi connectivity index (χ0) is 22.7. The van der Waals surface area contributed by atoms with Gasteiger partial charge in [0.25, 0.3) is 0 Å². The molecule has 1 saturated heterocycles. The number of benzene rings is 1. The predicted octanol–water partition coefficient (Wildman–Crippen LogP) is 2.26. The average Bonchev–Trinajstić information content (AvgIpc) is 3.41. The van der Waals surface area contributed by atoms with E-state index in [1.807, 2.05) is 19.0 Å². The molecule has 1 saturated carbocycles. The van der Waals surface area contributed by atoms with Gasteiger partial charge in [0.15, 0.2) is 0 Å². The van der Waals surface area contributed by atoms with Gasteiger partial charge in [-0.2, -0.15) is 13.2 Å². The molecule has 2 fully saturated rings. The number of rotatable bonds is 4. The molecular weight excluding hydrogens is 403 g/mol. The van der Waals surface area contributed by atoms with E-state index in [4.69, 9.17) is 9.90 Å². The molecule has 1 aromatic rings. The normalized spacial score (nSPS) is 22.2. The lowest BCUT2D eigenvalue weighted by Gasteiger charge is -2.30. The van der Waals surface area contributed by atoms with Crippen molar-refractivity contribution < 1.29 is 32.7 Å². The van der Waals surface area contributed by atoms with Gasteiger partial charge < -0.3 is 20.2 Å². The zero-order valence-corrected chi connectivity index (χ0v) is 17.1. The number of hydrogen-bond donors (Lipinski definition) is 2. The van der Waals surface area contributed by atoms with Gasteiger partial charge in [-0.1, -0.05) is 12.1 Å². The molecule has 2 unspecified atom stereocenters. The Kier molecular flexibility index (Phi) is 6.99. The van der Waals surface area contributed by atoms with Crippen molar-refractivity contribution in [1.29, 1.82) is 0 Å². The Labute approximate surface area is 172 Å². The summed E-state index contributed by atoms with van der Waals surface area (Å²) in [5, 5.41) is 10.2. The Morgan fingerprint density at radius 3 is 2.23 bits per heavy atom. The minimum Gasteiger partial charge on any atom is -0.475 e. The second-order valence-corrected chi connectivity index (χ2v) is 7.82. The van der Waals surface area contributed by atoms with Gasteiger partial charge in [0.05, 0.1) is 5.41 Å². The topological polar surface area (TPSA) is 90.0 Å². The van der Waals surface area contributed by atoms with Crippen molar-refractivity contribution in [1.82, 2.24) is 10.2 Å². The van der Waals surface area contributed by atoms with Crippen molar-refractivity contribution in [2.75, 3.05) is 32.1 Å². The van der Waals surface area contributed by atoms with Crippen LogP contribution in [0.3, 0.4) is 0 Å². The Balaban J connectivity index is 0.000000396. The number of piperidine rings is 1. The summed E-state index contributed by atoms with van der Waals surface area (Å²) in [4.78, 5) is 36.8. The van der Waals surface area contributed by atoms with Gasteiger partial charge in [-0.25, -0.2) is 4.79 Å². The molecule has 30 heavy (non-hydrogen) atoms. The van der Waals surface area contributed by atoms with Crippen molar-refractivity contribution in [3.05, 3.63) is 29.8 Å². The van der Waals surface area contributed by atoms with Crippen LogP contribution in [0.5, 0.6) is 0 Å². The first-order valence-electron chi connectivity index (χ1n) is 9.47. The highest BCUT2D eigenvalue weighted by Crippen LogP contribution is 2.58. The number of likely N-dealkylation sites (tertiary alicyclic amines) is 1. The molecule has 1 aromatic carbocycles. The van der Waals surface area contributed by atoms with E-state index in [0.29, 0.717) is 19.0 Å². The minimum atomic E-state index is -5.08. The SMILES string of the molecule is CC(=O)N1CCC2(C(=O)NCc3ccc(N(C)C)cc3)CC2C1.O=C(O)C(F)(F)F. The molecule has 1 aliphatic heterocycles. The quantitative estimate of drug-likeness (QED) is 0.767. The number of halogens is 3. The summed E-state index contributed by atoms with van der Waals surface area (Å²) in [6.07, 6.45) is -3.37. The third-order valence-electron chi connectivity index (χ3n) is 5.55. The van der Waals surface area contributed by atoms with Crippen LogP contribution in [0, 0.1) is 11.3 Å². The summed E-state index contributed by atoms with van der Waals surface area (Å²) < 4.78 is 31.7. The molecule has 1 aliphatic carbocycles. The molecule has 0 aromatic heterocycles. The number of nitrogens with one attached hydrogen (secondary N) is 1. The Morgan fingerprint density at radius 1 is 1.23 bits per heavy atom. The molecule has 2 atom stereocenters. The van der Waals surface area contributed by atoms with Crippen LogP contribution >= 0.6 is 0 Å². The maximum Gasteiger partial charge on any atom is 0.490 e. The lowest BCUT2D eigenvalue weighted by Crippen LogP contribution is -2.43. The number of carbonyl (C=O) groups excluding carboxylic acids is 2. The molecule has 2 aliphatic rings. The van der Waals surface area contributed by atoms with Crippen LogP contribution in [-0.2, 0) is 20.9 Å². The molecule has 166 valence electrons. The highest BCUT2D eigenvalue weighted by molar-refractivity contribution is 5.86. The van der Waals surface area contributed by atoms with E-state index in [1.54, 1.807) is 6.92 Å². The van der Waals surface area contributed by atoms with Crippen LogP contribution in [0.15, 0.2) is 24.3 Å². The first-order valence-corrected chi connectivity index (χ1v) is 9.47. The largest absolute Gasteiger partial charge is 0.490 e.